The average molecular weight is 315 g/mol. The fraction of sp³-hybridized carbons (Fsp3) is 0.529. The van der Waals surface area contributed by atoms with Crippen LogP contribution in [0.1, 0.15) is 31.7 Å². The molecular weight excluding hydrogens is 294 g/mol. The minimum atomic E-state index is -0.347. The number of likely N-dealkylation sites (tertiary alicyclic amines) is 1. The third-order valence-corrected chi connectivity index (χ3v) is 4.74. The summed E-state index contributed by atoms with van der Waals surface area (Å²) < 4.78 is 17.4. The van der Waals surface area contributed by atoms with Gasteiger partial charge >= 0.3 is 0 Å². The lowest BCUT2D eigenvalue weighted by atomic mass is 10.0. The molecular formula is C17H21N3O3. The van der Waals surface area contributed by atoms with Crippen LogP contribution in [0, 0.1) is 0 Å². The molecule has 6 nitrogen and oxygen atoms in total. The van der Waals surface area contributed by atoms with Gasteiger partial charge in [-0.2, -0.15) is 0 Å². The Morgan fingerprint density at radius 1 is 1.04 bits per heavy atom. The number of hydrogen-bond acceptors (Lipinski definition) is 6. The van der Waals surface area contributed by atoms with Crippen LogP contribution in [-0.2, 0) is 9.47 Å². The standard InChI is InChI=1S/C17H21N3O3/c1-13(20-9-7-17(8-10-20)21-11-12-22-17)15-18-19-16(23-15)14-5-3-2-4-6-14/h2-6,13H,7-12H2,1H3. The lowest BCUT2D eigenvalue weighted by molar-refractivity contribution is -0.188. The maximum absolute atomic E-state index is 5.88. The normalized spacial score (nSPS) is 22.5. The molecule has 2 aliphatic heterocycles. The fourth-order valence-corrected chi connectivity index (χ4v) is 3.29. The van der Waals surface area contributed by atoms with Crippen LogP contribution in [0.5, 0.6) is 0 Å². The Labute approximate surface area is 135 Å². The molecule has 122 valence electrons. The predicted octanol–water partition coefficient (Wildman–Crippen LogP) is 2.64. The number of hydrogen-bond donors (Lipinski definition) is 0. The lowest BCUT2D eigenvalue weighted by Gasteiger charge is -2.39. The van der Waals surface area contributed by atoms with Gasteiger partial charge in [0.25, 0.3) is 0 Å². The fourth-order valence-electron chi connectivity index (χ4n) is 3.29. The minimum Gasteiger partial charge on any atom is -0.419 e. The summed E-state index contributed by atoms with van der Waals surface area (Å²) in [6.07, 6.45) is 1.77. The van der Waals surface area contributed by atoms with Gasteiger partial charge in [-0.3, -0.25) is 4.90 Å². The quantitative estimate of drug-likeness (QED) is 0.868. The molecule has 0 saturated carbocycles. The van der Waals surface area contributed by atoms with E-state index in [0.717, 1.165) is 31.5 Å². The molecule has 1 atom stereocenters. The third kappa shape index (κ3) is 2.89. The van der Waals surface area contributed by atoms with Gasteiger partial charge in [-0.25, -0.2) is 0 Å². The summed E-state index contributed by atoms with van der Waals surface area (Å²) in [4.78, 5) is 2.35. The maximum Gasteiger partial charge on any atom is 0.247 e. The summed E-state index contributed by atoms with van der Waals surface area (Å²) in [5.74, 6) is 0.886. The predicted molar refractivity (Wildman–Crippen MR) is 83.6 cm³/mol. The first-order valence-electron chi connectivity index (χ1n) is 8.17. The van der Waals surface area contributed by atoms with Crippen molar-refractivity contribution in [2.24, 2.45) is 0 Å². The first-order chi connectivity index (χ1) is 11.3. The van der Waals surface area contributed by atoms with Gasteiger partial charge in [0.2, 0.25) is 11.8 Å². The zero-order chi connectivity index (χ0) is 15.7. The van der Waals surface area contributed by atoms with Crippen LogP contribution in [0.2, 0.25) is 0 Å². The maximum atomic E-state index is 5.88. The van der Waals surface area contributed by atoms with Crippen molar-refractivity contribution in [1.82, 2.24) is 15.1 Å². The van der Waals surface area contributed by atoms with Crippen molar-refractivity contribution in [3.63, 3.8) is 0 Å². The van der Waals surface area contributed by atoms with Crippen molar-refractivity contribution in [2.75, 3.05) is 26.3 Å². The Balaban J connectivity index is 1.44. The number of ether oxygens (including phenoxy) is 2. The molecule has 0 amide bonds. The summed E-state index contributed by atoms with van der Waals surface area (Å²) in [6, 6.07) is 9.95. The topological polar surface area (TPSA) is 60.6 Å². The zero-order valence-electron chi connectivity index (χ0n) is 13.3. The number of nitrogens with zero attached hydrogens (tertiary/aromatic N) is 3. The largest absolute Gasteiger partial charge is 0.419 e. The van der Waals surface area contributed by atoms with Crippen molar-refractivity contribution in [3.05, 3.63) is 36.2 Å². The van der Waals surface area contributed by atoms with E-state index in [-0.39, 0.29) is 11.8 Å². The van der Waals surface area contributed by atoms with E-state index < -0.39 is 0 Å². The zero-order valence-corrected chi connectivity index (χ0v) is 13.3. The Kier molecular flexibility index (Phi) is 3.88. The molecule has 3 heterocycles. The molecule has 1 spiro atoms. The summed E-state index contributed by atoms with van der Waals surface area (Å²) >= 11 is 0. The summed E-state index contributed by atoms with van der Waals surface area (Å²) in [6.45, 7) is 5.34. The van der Waals surface area contributed by atoms with Gasteiger partial charge in [0.05, 0.1) is 19.3 Å². The van der Waals surface area contributed by atoms with Crippen LogP contribution in [-0.4, -0.2) is 47.2 Å². The van der Waals surface area contributed by atoms with Gasteiger partial charge in [0.15, 0.2) is 5.79 Å². The van der Waals surface area contributed by atoms with E-state index >= 15 is 0 Å². The van der Waals surface area contributed by atoms with Crippen LogP contribution in [0.15, 0.2) is 34.7 Å². The van der Waals surface area contributed by atoms with Crippen molar-refractivity contribution in [1.29, 1.82) is 0 Å². The molecule has 1 aromatic carbocycles. The smallest absolute Gasteiger partial charge is 0.247 e. The van der Waals surface area contributed by atoms with Crippen molar-refractivity contribution < 1.29 is 13.9 Å². The molecule has 1 aromatic heterocycles. The highest BCUT2D eigenvalue weighted by Crippen LogP contribution is 2.34. The van der Waals surface area contributed by atoms with Crippen LogP contribution < -0.4 is 0 Å². The molecule has 0 bridgehead atoms. The van der Waals surface area contributed by atoms with E-state index in [9.17, 15) is 0 Å². The highest BCUT2D eigenvalue weighted by Gasteiger charge is 2.41. The molecule has 0 aliphatic carbocycles. The molecule has 4 rings (SSSR count). The molecule has 2 saturated heterocycles. The van der Waals surface area contributed by atoms with Crippen LogP contribution in [0.3, 0.4) is 0 Å². The van der Waals surface area contributed by atoms with Crippen molar-refractivity contribution in [3.8, 4) is 11.5 Å². The molecule has 2 aliphatic rings. The van der Waals surface area contributed by atoms with Crippen molar-refractivity contribution >= 4 is 0 Å². The number of rotatable bonds is 3. The Morgan fingerprint density at radius 3 is 2.43 bits per heavy atom. The first kappa shape index (κ1) is 14.8. The second-order valence-corrected chi connectivity index (χ2v) is 6.13. The van der Waals surface area contributed by atoms with Gasteiger partial charge in [-0.05, 0) is 19.1 Å². The van der Waals surface area contributed by atoms with E-state index in [1.54, 1.807) is 0 Å². The van der Waals surface area contributed by atoms with Gasteiger partial charge < -0.3 is 13.9 Å². The van der Waals surface area contributed by atoms with E-state index in [4.69, 9.17) is 13.9 Å². The highest BCUT2D eigenvalue weighted by molar-refractivity contribution is 5.51. The van der Waals surface area contributed by atoms with E-state index in [1.807, 2.05) is 30.3 Å². The van der Waals surface area contributed by atoms with E-state index in [1.165, 1.54) is 0 Å². The number of piperidine rings is 1. The van der Waals surface area contributed by atoms with Gasteiger partial charge in [-0.15, -0.1) is 10.2 Å². The monoisotopic (exact) mass is 315 g/mol. The SMILES string of the molecule is CC(c1nnc(-c2ccccc2)o1)N1CCC2(CC1)OCCO2. The Hall–Kier alpha value is -1.76. The summed E-state index contributed by atoms with van der Waals surface area (Å²) in [5.41, 5.74) is 0.948. The molecule has 0 radical (unpaired) electrons. The van der Waals surface area contributed by atoms with Gasteiger partial charge in [-0.1, -0.05) is 18.2 Å². The first-order valence-corrected chi connectivity index (χ1v) is 8.17. The van der Waals surface area contributed by atoms with Gasteiger partial charge in [0, 0.05) is 31.5 Å². The Morgan fingerprint density at radius 2 is 1.74 bits per heavy atom. The Bertz CT molecular complexity index is 642. The second-order valence-electron chi connectivity index (χ2n) is 6.13. The summed E-state index contributed by atoms with van der Waals surface area (Å²) in [5, 5.41) is 8.42. The lowest BCUT2D eigenvalue weighted by Crippen LogP contribution is -2.45. The molecule has 6 heteroatoms. The number of benzene rings is 1. The highest BCUT2D eigenvalue weighted by atomic mass is 16.7. The van der Waals surface area contributed by atoms with E-state index in [2.05, 4.69) is 22.0 Å². The molecule has 1 unspecified atom stereocenters. The van der Waals surface area contributed by atoms with Crippen LogP contribution >= 0.6 is 0 Å². The van der Waals surface area contributed by atoms with Crippen LogP contribution in [0.25, 0.3) is 11.5 Å². The van der Waals surface area contributed by atoms with E-state index in [0.29, 0.717) is 25.0 Å². The molecule has 2 fully saturated rings. The minimum absolute atomic E-state index is 0.0960. The van der Waals surface area contributed by atoms with Crippen LogP contribution in [0.4, 0.5) is 0 Å². The average Bonchev–Trinajstić information content (AvgIpc) is 3.26. The third-order valence-electron chi connectivity index (χ3n) is 4.74. The molecule has 2 aromatic rings. The van der Waals surface area contributed by atoms with Gasteiger partial charge in [0.1, 0.15) is 0 Å². The molecule has 23 heavy (non-hydrogen) atoms. The second kappa shape index (κ2) is 6.03. The summed E-state index contributed by atoms with van der Waals surface area (Å²) in [7, 11) is 0. The van der Waals surface area contributed by atoms with Crippen molar-refractivity contribution in [2.45, 2.75) is 31.6 Å². The number of aromatic nitrogens is 2. The molecule has 0 N–H and O–H groups in total.